The van der Waals surface area contributed by atoms with E-state index in [9.17, 15) is 4.79 Å². The lowest BCUT2D eigenvalue weighted by atomic mass is 10.1. The number of amides is 2. The van der Waals surface area contributed by atoms with E-state index in [2.05, 4.69) is 10.5 Å². The first-order chi connectivity index (χ1) is 12.5. The number of nitrogens with two attached hydrogens (primary N) is 1. The molecule has 2 aromatic carbocycles. The highest BCUT2D eigenvalue weighted by atomic mass is 35.5. The van der Waals surface area contributed by atoms with Crippen molar-refractivity contribution in [2.45, 2.75) is 20.3 Å². The minimum absolute atomic E-state index is 0.469. The second-order valence-corrected chi connectivity index (χ2v) is 6.12. The minimum Gasteiger partial charge on any atom is -0.493 e. The SMILES string of the molecule is Cc1cccc(C)c1OCCCOc1ccc(Cl)cc1/C=N\NC(N)=O. The number of hydrogen-bond donors (Lipinski definition) is 2. The fraction of sp³-hybridized carbons (Fsp3) is 0.263. The molecule has 0 atom stereocenters. The maximum absolute atomic E-state index is 10.7. The van der Waals surface area contributed by atoms with Crippen LogP contribution in [-0.2, 0) is 0 Å². The van der Waals surface area contributed by atoms with Crippen LogP contribution in [0.15, 0.2) is 41.5 Å². The molecule has 138 valence electrons. The molecule has 0 spiro atoms. The number of halogens is 1. The molecule has 26 heavy (non-hydrogen) atoms. The number of para-hydroxylation sites is 1. The zero-order chi connectivity index (χ0) is 18.9. The third-order valence-electron chi connectivity index (χ3n) is 3.55. The number of rotatable bonds is 8. The van der Waals surface area contributed by atoms with Crippen LogP contribution in [0.5, 0.6) is 11.5 Å². The Morgan fingerprint density at radius 3 is 2.58 bits per heavy atom. The Labute approximate surface area is 157 Å². The van der Waals surface area contributed by atoms with Gasteiger partial charge in [-0.25, -0.2) is 10.2 Å². The van der Waals surface area contributed by atoms with Gasteiger partial charge in [0.1, 0.15) is 11.5 Å². The lowest BCUT2D eigenvalue weighted by molar-refractivity contribution is 0.245. The Bertz CT molecular complexity index is 773. The molecule has 0 unspecified atom stereocenters. The molecule has 0 aromatic heterocycles. The molecule has 6 nitrogen and oxygen atoms in total. The van der Waals surface area contributed by atoms with Gasteiger partial charge >= 0.3 is 6.03 Å². The second kappa shape index (κ2) is 9.68. The molecular formula is C19H22ClN3O3. The Balaban J connectivity index is 1.87. The van der Waals surface area contributed by atoms with Crippen molar-refractivity contribution in [3.05, 3.63) is 58.1 Å². The van der Waals surface area contributed by atoms with Crippen molar-refractivity contribution in [1.82, 2.24) is 5.43 Å². The summed E-state index contributed by atoms with van der Waals surface area (Å²) in [5.74, 6) is 1.53. The van der Waals surface area contributed by atoms with Crippen LogP contribution in [0.25, 0.3) is 0 Å². The summed E-state index contributed by atoms with van der Waals surface area (Å²) >= 11 is 5.99. The molecule has 0 aliphatic heterocycles. The van der Waals surface area contributed by atoms with Gasteiger partial charge in [0.15, 0.2) is 0 Å². The summed E-state index contributed by atoms with van der Waals surface area (Å²) in [6.07, 6.45) is 2.14. The van der Waals surface area contributed by atoms with Gasteiger partial charge in [-0.05, 0) is 43.2 Å². The van der Waals surface area contributed by atoms with Gasteiger partial charge in [-0.15, -0.1) is 0 Å². The van der Waals surface area contributed by atoms with Gasteiger partial charge in [-0.1, -0.05) is 29.8 Å². The predicted octanol–water partition coefficient (Wildman–Crippen LogP) is 3.81. The van der Waals surface area contributed by atoms with Crippen LogP contribution in [0.3, 0.4) is 0 Å². The highest BCUT2D eigenvalue weighted by Crippen LogP contribution is 2.23. The molecule has 0 radical (unpaired) electrons. The van der Waals surface area contributed by atoms with E-state index in [4.69, 9.17) is 26.8 Å². The van der Waals surface area contributed by atoms with Crippen molar-refractivity contribution in [3.8, 4) is 11.5 Å². The van der Waals surface area contributed by atoms with E-state index in [-0.39, 0.29) is 0 Å². The summed E-state index contributed by atoms with van der Waals surface area (Å²) in [6.45, 7) is 5.07. The number of hydrogen-bond acceptors (Lipinski definition) is 4. The normalized spacial score (nSPS) is 10.7. The fourth-order valence-electron chi connectivity index (χ4n) is 2.36. The molecule has 0 saturated carbocycles. The molecule has 0 saturated heterocycles. The Morgan fingerprint density at radius 1 is 1.19 bits per heavy atom. The van der Waals surface area contributed by atoms with Crippen molar-refractivity contribution in [2.75, 3.05) is 13.2 Å². The van der Waals surface area contributed by atoms with Crippen LogP contribution in [0.4, 0.5) is 4.79 Å². The summed E-state index contributed by atoms with van der Waals surface area (Å²) in [5, 5.41) is 4.27. The van der Waals surface area contributed by atoms with E-state index in [0.29, 0.717) is 36.0 Å². The van der Waals surface area contributed by atoms with E-state index in [1.807, 2.05) is 32.0 Å². The zero-order valence-corrected chi connectivity index (χ0v) is 15.5. The molecule has 0 aliphatic rings. The topological polar surface area (TPSA) is 85.9 Å². The van der Waals surface area contributed by atoms with Gasteiger partial charge in [0.2, 0.25) is 0 Å². The van der Waals surface area contributed by atoms with Crippen LogP contribution in [0.1, 0.15) is 23.1 Å². The van der Waals surface area contributed by atoms with Crippen LogP contribution < -0.4 is 20.6 Å². The molecule has 3 N–H and O–H groups in total. The largest absolute Gasteiger partial charge is 0.493 e. The molecule has 2 rings (SSSR count). The number of urea groups is 1. The van der Waals surface area contributed by atoms with E-state index in [0.717, 1.165) is 16.9 Å². The van der Waals surface area contributed by atoms with Gasteiger partial charge in [0, 0.05) is 17.0 Å². The van der Waals surface area contributed by atoms with E-state index >= 15 is 0 Å². The standard InChI is InChI=1S/C19H22ClN3O3/c1-13-5-3-6-14(2)18(13)26-10-4-9-25-17-8-7-16(20)11-15(17)12-22-23-19(21)24/h3,5-8,11-12H,4,9-10H2,1-2H3,(H3,21,23,24)/b22-12-. The molecule has 7 heteroatoms. The third-order valence-corrected chi connectivity index (χ3v) is 3.79. The monoisotopic (exact) mass is 375 g/mol. The second-order valence-electron chi connectivity index (χ2n) is 5.69. The smallest absolute Gasteiger partial charge is 0.332 e. The van der Waals surface area contributed by atoms with E-state index in [1.165, 1.54) is 6.21 Å². The molecule has 0 aliphatic carbocycles. The summed E-state index contributed by atoms with van der Waals surface area (Å²) in [7, 11) is 0. The first-order valence-corrected chi connectivity index (χ1v) is 8.55. The first kappa shape index (κ1) is 19.6. The highest BCUT2D eigenvalue weighted by Gasteiger charge is 2.05. The molecule has 0 fully saturated rings. The van der Waals surface area contributed by atoms with Crippen LogP contribution in [0.2, 0.25) is 5.02 Å². The summed E-state index contributed by atoms with van der Waals surface area (Å²) in [6, 6.07) is 10.5. The Hall–Kier alpha value is -2.73. The van der Waals surface area contributed by atoms with Gasteiger partial charge in [-0.3, -0.25) is 0 Å². The Kier molecular flexibility index (Phi) is 7.29. The van der Waals surface area contributed by atoms with Gasteiger partial charge in [0.25, 0.3) is 0 Å². The van der Waals surface area contributed by atoms with Gasteiger partial charge < -0.3 is 15.2 Å². The first-order valence-electron chi connectivity index (χ1n) is 8.17. The number of carbonyl (C=O) groups is 1. The van der Waals surface area contributed by atoms with Gasteiger partial charge in [-0.2, -0.15) is 5.10 Å². The number of hydrazone groups is 1. The number of benzene rings is 2. The Morgan fingerprint density at radius 2 is 1.88 bits per heavy atom. The molecule has 0 heterocycles. The predicted molar refractivity (Wildman–Crippen MR) is 103 cm³/mol. The number of aryl methyl sites for hydroxylation is 2. The fourth-order valence-corrected chi connectivity index (χ4v) is 2.54. The van der Waals surface area contributed by atoms with Crippen molar-refractivity contribution >= 4 is 23.8 Å². The highest BCUT2D eigenvalue weighted by molar-refractivity contribution is 6.30. The lowest BCUT2D eigenvalue weighted by Gasteiger charge is -2.13. The number of nitrogens with zero attached hydrogens (tertiary/aromatic N) is 1. The number of primary amides is 1. The number of nitrogens with one attached hydrogen (secondary N) is 1. The van der Waals surface area contributed by atoms with Crippen LogP contribution >= 0.6 is 11.6 Å². The van der Waals surface area contributed by atoms with Gasteiger partial charge in [0.05, 0.1) is 19.4 Å². The van der Waals surface area contributed by atoms with E-state index < -0.39 is 6.03 Å². The van der Waals surface area contributed by atoms with Crippen molar-refractivity contribution in [1.29, 1.82) is 0 Å². The van der Waals surface area contributed by atoms with Crippen molar-refractivity contribution in [2.24, 2.45) is 10.8 Å². The molecule has 2 aromatic rings. The molecule has 2 amide bonds. The summed E-state index contributed by atoms with van der Waals surface area (Å²) in [4.78, 5) is 10.7. The maximum atomic E-state index is 10.7. The average molecular weight is 376 g/mol. The quantitative estimate of drug-likeness (QED) is 0.418. The number of ether oxygens (including phenoxy) is 2. The summed E-state index contributed by atoms with van der Waals surface area (Å²) in [5.41, 5.74) is 9.98. The summed E-state index contributed by atoms with van der Waals surface area (Å²) < 4.78 is 11.6. The zero-order valence-electron chi connectivity index (χ0n) is 14.8. The molecular weight excluding hydrogens is 354 g/mol. The van der Waals surface area contributed by atoms with Crippen molar-refractivity contribution < 1.29 is 14.3 Å². The third kappa shape index (κ3) is 5.97. The lowest BCUT2D eigenvalue weighted by Crippen LogP contribution is -2.24. The van der Waals surface area contributed by atoms with Crippen molar-refractivity contribution in [3.63, 3.8) is 0 Å². The number of carbonyl (C=O) groups excluding carboxylic acids is 1. The minimum atomic E-state index is -0.741. The maximum Gasteiger partial charge on any atom is 0.332 e. The average Bonchev–Trinajstić information content (AvgIpc) is 2.58. The molecule has 0 bridgehead atoms. The van der Waals surface area contributed by atoms with E-state index in [1.54, 1.807) is 18.2 Å². The van der Waals surface area contributed by atoms with Crippen LogP contribution in [-0.4, -0.2) is 25.5 Å². The van der Waals surface area contributed by atoms with Crippen LogP contribution in [0, 0.1) is 13.8 Å².